The van der Waals surface area contributed by atoms with Crippen LogP contribution in [0.25, 0.3) is 0 Å². The van der Waals surface area contributed by atoms with Gasteiger partial charge in [-0.05, 0) is 26.1 Å². The van der Waals surface area contributed by atoms with E-state index >= 15 is 0 Å². The minimum Gasteiger partial charge on any atom is -0.321 e. The highest BCUT2D eigenvalue weighted by Gasteiger charge is 2.26. The number of halogens is 1. The smallest absolute Gasteiger partial charge is 0.321 e. The summed E-state index contributed by atoms with van der Waals surface area (Å²) >= 11 is 0. The largest absolute Gasteiger partial charge is 0.324 e. The van der Waals surface area contributed by atoms with E-state index in [9.17, 15) is 9.59 Å². The minimum atomic E-state index is -0.292. The van der Waals surface area contributed by atoms with Crippen molar-refractivity contribution in [2.75, 3.05) is 31.4 Å². The first-order valence-electron chi connectivity index (χ1n) is 6.41. The molecular weight excluding hydrogens is 294 g/mol. The van der Waals surface area contributed by atoms with Gasteiger partial charge < -0.3 is 15.5 Å². The molecule has 0 saturated heterocycles. The summed E-state index contributed by atoms with van der Waals surface area (Å²) in [6, 6.07) is 3.14. The highest BCUT2D eigenvalue weighted by Crippen LogP contribution is 2.26. The van der Waals surface area contributed by atoms with Gasteiger partial charge in [-0.15, -0.1) is 12.4 Å². The first kappa shape index (κ1) is 17.2. The number of carbonyl (C=O) groups excluding carboxylic acids is 2. The van der Waals surface area contributed by atoms with Crippen molar-refractivity contribution < 1.29 is 9.59 Å². The average Bonchev–Trinajstić information content (AvgIpc) is 2.43. The molecule has 2 heterocycles. The number of fused-ring (bicyclic) bond motifs is 1. The predicted octanol–water partition coefficient (Wildman–Crippen LogP) is 1.05. The summed E-state index contributed by atoms with van der Waals surface area (Å²) < 4.78 is 0. The number of pyridine rings is 1. The maximum absolute atomic E-state index is 11.8. The molecule has 1 aromatic heterocycles. The third kappa shape index (κ3) is 3.43. The van der Waals surface area contributed by atoms with Crippen LogP contribution in [0, 0.1) is 0 Å². The first-order valence-corrected chi connectivity index (χ1v) is 6.41. The molecule has 116 valence electrons. The van der Waals surface area contributed by atoms with Gasteiger partial charge in [0, 0.05) is 14.1 Å². The molecule has 3 amide bonds. The molecule has 0 spiro atoms. The Labute approximate surface area is 130 Å². The SMILES string of the molecule is CNC(C)C(=O)Nc1ccc2c(n1)CN(C)C(=O)N2C.Cl. The molecule has 0 bridgehead atoms. The van der Waals surface area contributed by atoms with Crippen molar-refractivity contribution in [3.05, 3.63) is 17.8 Å². The average molecular weight is 314 g/mol. The lowest BCUT2D eigenvalue weighted by atomic mass is 10.2. The molecular formula is C13H20ClN5O2. The van der Waals surface area contributed by atoms with Crippen LogP contribution in [-0.2, 0) is 11.3 Å². The molecule has 0 saturated carbocycles. The van der Waals surface area contributed by atoms with E-state index in [0.717, 1.165) is 11.4 Å². The topological polar surface area (TPSA) is 77.6 Å². The van der Waals surface area contributed by atoms with Crippen molar-refractivity contribution in [3.63, 3.8) is 0 Å². The number of hydrogen-bond acceptors (Lipinski definition) is 4. The zero-order valence-electron chi connectivity index (χ0n) is 12.5. The summed E-state index contributed by atoms with van der Waals surface area (Å²) in [5.74, 6) is 0.348. The Hall–Kier alpha value is -1.86. The van der Waals surface area contributed by atoms with Crippen LogP contribution in [-0.4, -0.2) is 49.0 Å². The predicted molar refractivity (Wildman–Crippen MR) is 83.9 cm³/mol. The van der Waals surface area contributed by atoms with E-state index in [1.54, 1.807) is 50.0 Å². The number of nitrogens with one attached hydrogen (secondary N) is 2. The number of rotatable bonds is 3. The fourth-order valence-electron chi connectivity index (χ4n) is 2.00. The lowest BCUT2D eigenvalue weighted by Gasteiger charge is -2.32. The molecule has 1 aliphatic heterocycles. The zero-order chi connectivity index (χ0) is 14.9. The summed E-state index contributed by atoms with van der Waals surface area (Å²) in [4.78, 5) is 31.2. The second-order valence-electron chi connectivity index (χ2n) is 4.86. The Balaban J connectivity index is 0.00000220. The van der Waals surface area contributed by atoms with Gasteiger partial charge >= 0.3 is 6.03 Å². The number of urea groups is 1. The van der Waals surface area contributed by atoms with Gasteiger partial charge in [-0.2, -0.15) is 0 Å². The fraction of sp³-hybridized carbons (Fsp3) is 0.462. The normalized spacial score (nSPS) is 15.1. The summed E-state index contributed by atoms with van der Waals surface area (Å²) in [5.41, 5.74) is 1.54. The number of amides is 3. The maximum Gasteiger partial charge on any atom is 0.324 e. The fourth-order valence-corrected chi connectivity index (χ4v) is 2.00. The molecule has 0 radical (unpaired) electrons. The van der Waals surface area contributed by atoms with Crippen molar-refractivity contribution in [2.24, 2.45) is 0 Å². The highest BCUT2D eigenvalue weighted by atomic mass is 35.5. The van der Waals surface area contributed by atoms with Gasteiger partial charge in [0.1, 0.15) is 5.82 Å². The van der Waals surface area contributed by atoms with Gasteiger partial charge in [0.25, 0.3) is 0 Å². The molecule has 1 atom stereocenters. The summed E-state index contributed by atoms with van der Waals surface area (Å²) in [6.07, 6.45) is 0. The monoisotopic (exact) mass is 313 g/mol. The van der Waals surface area contributed by atoms with E-state index in [2.05, 4.69) is 15.6 Å². The number of carbonyl (C=O) groups is 2. The van der Waals surface area contributed by atoms with Crippen molar-refractivity contribution in [2.45, 2.75) is 19.5 Å². The van der Waals surface area contributed by atoms with E-state index in [1.807, 2.05) is 0 Å². The molecule has 2 rings (SSSR count). The molecule has 0 aliphatic carbocycles. The number of aromatic nitrogens is 1. The Morgan fingerprint density at radius 2 is 2.05 bits per heavy atom. The van der Waals surface area contributed by atoms with Crippen LogP contribution in [0.15, 0.2) is 12.1 Å². The Kier molecular flexibility index (Phi) is 5.51. The van der Waals surface area contributed by atoms with Crippen LogP contribution in [0.4, 0.5) is 16.3 Å². The van der Waals surface area contributed by atoms with Gasteiger partial charge in [-0.25, -0.2) is 9.78 Å². The molecule has 0 fully saturated rings. The maximum atomic E-state index is 11.8. The van der Waals surface area contributed by atoms with Crippen LogP contribution in [0.1, 0.15) is 12.6 Å². The minimum absolute atomic E-state index is 0. The second kappa shape index (κ2) is 6.73. The van der Waals surface area contributed by atoms with Crippen molar-refractivity contribution >= 4 is 35.9 Å². The number of likely N-dealkylation sites (N-methyl/N-ethyl adjacent to an activating group) is 1. The van der Waals surface area contributed by atoms with Crippen LogP contribution in [0.2, 0.25) is 0 Å². The van der Waals surface area contributed by atoms with Crippen LogP contribution >= 0.6 is 12.4 Å². The lowest BCUT2D eigenvalue weighted by Crippen LogP contribution is -2.43. The molecule has 1 aliphatic rings. The third-order valence-electron chi connectivity index (χ3n) is 3.39. The standard InChI is InChI=1S/C13H19N5O2.ClH/c1-8(14-2)12(19)16-11-6-5-10-9(15-11)7-17(3)13(20)18(10)4;/h5-6,8,14H,7H2,1-4H3,(H,15,16,19);1H. The van der Waals surface area contributed by atoms with Gasteiger partial charge in [0.2, 0.25) is 5.91 Å². The van der Waals surface area contributed by atoms with Crippen molar-refractivity contribution in [3.8, 4) is 0 Å². The van der Waals surface area contributed by atoms with E-state index < -0.39 is 0 Å². The van der Waals surface area contributed by atoms with Gasteiger partial charge in [0.15, 0.2) is 0 Å². The quantitative estimate of drug-likeness (QED) is 0.874. The van der Waals surface area contributed by atoms with E-state index in [1.165, 1.54) is 0 Å². The van der Waals surface area contributed by atoms with Gasteiger partial charge in [-0.3, -0.25) is 9.69 Å². The summed E-state index contributed by atoms with van der Waals surface area (Å²) in [6.45, 7) is 2.21. The van der Waals surface area contributed by atoms with E-state index in [-0.39, 0.29) is 30.4 Å². The Morgan fingerprint density at radius 1 is 1.38 bits per heavy atom. The van der Waals surface area contributed by atoms with Gasteiger partial charge in [-0.1, -0.05) is 0 Å². The molecule has 1 unspecified atom stereocenters. The Morgan fingerprint density at radius 3 is 2.67 bits per heavy atom. The molecule has 1 aromatic rings. The van der Waals surface area contributed by atoms with E-state index in [4.69, 9.17) is 0 Å². The lowest BCUT2D eigenvalue weighted by molar-refractivity contribution is -0.117. The van der Waals surface area contributed by atoms with Crippen LogP contribution < -0.4 is 15.5 Å². The van der Waals surface area contributed by atoms with Crippen molar-refractivity contribution in [1.29, 1.82) is 0 Å². The van der Waals surface area contributed by atoms with Crippen LogP contribution in [0.3, 0.4) is 0 Å². The third-order valence-corrected chi connectivity index (χ3v) is 3.39. The zero-order valence-corrected chi connectivity index (χ0v) is 13.3. The molecule has 0 aromatic carbocycles. The molecule has 2 N–H and O–H groups in total. The summed E-state index contributed by atoms with van der Waals surface area (Å²) in [5, 5.41) is 5.62. The van der Waals surface area contributed by atoms with Crippen molar-refractivity contribution in [1.82, 2.24) is 15.2 Å². The molecule has 21 heavy (non-hydrogen) atoms. The summed E-state index contributed by atoms with van der Waals surface area (Å²) in [7, 11) is 5.15. The van der Waals surface area contributed by atoms with E-state index in [0.29, 0.717) is 12.4 Å². The Bertz CT molecular complexity index is 551. The number of anilines is 2. The number of hydrogen-bond donors (Lipinski definition) is 2. The number of nitrogens with zero attached hydrogens (tertiary/aromatic N) is 3. The molecule has 7 nitrogen and oxygen atoms in total. The van der Waals surface area contributed by atoms with Crippen LogP contribution in [0.5, 0.6) is 0 Å². The first-order chi connectivity index (χ1) is 9.43. The second-order valence-corrected chi connectivity index (χ2v) is 4.86. The highest BCUT2D eigenvalue weighted by molar-refractivity contribution is 5.95. The van der Waals surface area contributed by atoms with Gasteiger partial charge in [0.05, 0.1) is 24.0 Å². The molecule has 8 heteroatoms.